The number of para-hydroxylation sites is 1. The number of fused-ring (bicyclic) bond motifs is 1. The van der Waals surface area contributed by atoms with Gasteiger partial charge in [-0.3, -0.25) is 0 Å². The molecule has 0 N–H and O–H groups in total. The highest BCUT2D eigenvalue weighted by Crippen LogP contribution is 2.25. The molecule has 0 spiro atoms. The fourth-order valence-electron chi connectivity index (χ4n) is 5.84. The van der Waals surface area contributed by atoms with Crippen molar-refractivity contribution in [2.75, 3.05) is 19.8 Å². The summed E-state index contributed by atoms with van der Waals surface area (Å²) in [6, 6.07) is 13.0. The van der Waals surface area contributed by atoms with Crippen molar-refractivity contribution in [3.05, 3.63) is 42.6 Å². The van der Waals surface area contributed by atoms with Gasteiger partial charge in [-0.05, 0) is 43.7 Å². The largest absolute Gasteiger partial charge is 0.379 e. The van der Waals surface area contributed by atoms with Crippen LogP contribution in [0.25, 0.3) is 10.9 Å². The smallest absolute Gasteiger partial charge is 0.212 e. The number of aromatic nitrogens is 1. The third-order valence-electron chi connectivity index (χ3n) is 8.16. The van der Waals surface area contributed by atoms with Gasteiger partial charge in [0.1, 0.15) is 6.54 Å². The minimum absolute atomic E-state index is 0.338. The third-order valence-corrected chi connectivity index (χ3v) is 8.16. The van der Waals surface area contributed by atoms with E-state index in [1.165, 1.54) is 120 Å². The molecule has 0 unspecified atom stereocenters. The summed E-state index contributed by atoms with van der Waals surface area (Å²) in [5, 5.41) is 1.32. The molecule has 0 saturated carbocycles. The maximum Gasteiger partial charge on any atom is 0.212 e. The van der Waals surface area contributed by atoms with Crippen molar-refractivity contribution in [3.63, 3.8) is 0 Å². The molecule has 1 aromatic heterocycles. The molecular weight excluding hydrogens is 454 g/mol. The van der Waals surface area contributed by atoms with Gasteiger partial charge < -0.3 is 9.47 Å². The van der Waals surface area contributed by atoms with E-state index in [4.69, 9.17) is 9.47 Å². The molecule has 0 aliphatic carbocycles. The Morgan fingerprint density at radius 1 is 0.757 bits per heavy atom. The summed E-state index contributed by atoms with van der Waals surface area (Å²) in [5.41, 5.74) is 1.34. The van der Waals surface area contributed by atoms with Crippen LogP contribution in [-0.4, -0.2) is 25.9 Å². The van der Waals surface area contributed by atoms with Crippen LogP contribution in [0.5, 0.6) is 0 Å². The second kappa shape index (κ2) is 19.6. The van der Waals surface area contributed by atoms with Gasteiger partial charge in [-0.15, -0.1) is 0 Å². The minimum atomic E-state index is 0.338. The first kappa shape index (κ1) is 30.1. The Balaban J connectivity index is 1.08. The lowest BCUT2D eigenvalue weighted by Crippen LogP contribution is -2.33. The van der Waals surface area contributed by atoms with E-state index in [9.17, 15) is 0 Å². The topological polar surface area (TPSA) is 22.3 Å². The van der Waals surface area contributed by atoms with Gasteiger partial charge in [0.15, 0.2) is 6.20 Å². The highest BCUT2D eigenvalue weighted by Gasteiger charge is 2.25. The van der Waals surface area contributed by atoms with E-state index in [-0.39, 0.29) is 0 Å². The Kier molecular flexibility index (Phi) is 15.9. The molecule has 2 heterocycles. The van der Waals surface area contributed by atoms with Crippen LogP contribution < -0.4 is 4.57 Å². The summed E-state index contributed by atoms with van der Waals surface area (Å²) in [6.07, 6.45) is 27.2. The van der Waals surface area contributed by atoms with Gasteiger partial charge in [-0.1, -0.05) is 103 Å². The Bertz CT molecular complexity index is 817. The SMILES string of the molecule is CCCCCCCCCCCCCC[C@@H]1CO[C@@H](COCCCCCC[n+]2cccc3ccccc32)C1. The van der Waals surface area contributed by atoms with Crippen LogP contribution in [0.3, 0.4) is 0 Å². The predicted molar refractivity (Wildman–Crippen MR) is 157 cm³/mol. The molecule has 1 fully saturated rings. The first-order valence-electron chi connectivity index (χ1n) is 15.9. The van der Waals surface area contributed by atoms with Gasteiger partial charge in [-0.25, -0.2) is 0 Å². The predicted octanol–water partition coefficient (Wildman–Crippen LogP) is 9.20. The molecule has 3 nitrogen and oxygen atoms in total. The van der Waals surface area contributed by atoms with E-state index in [0.29, 0.717) is 6.10 Å². The number of pyridine rings is 1. The molecule has 208 valence electrons. The second-order valence-corrected chi connectivity index (χ2v) is 11.5. The molecule has 0 amide bonds. The lowest BCUT2D eigenvalue weighted by atomic mass is 9.97. The van der Waals surface area contributed by atoms with Gasteiger partial charge in [0.25, 0.3) is 0 Å². The number of ether oxygens (including phenoxy) is 2. The summed E-state index contributed by atoms with van der Waals surface area (Å²) >= 11 is 0. The molecule has 1 saturated heterocycles. The summed E-state index contributed by atoms with van der Waals surface area (Å²) in [5.74, 6) is 0.767. The molecule has 0 bridgehead atoms. The molecule has 0 radical (unpaired) electrons. The Morgan fingerprint density at radius 3 is 2.19 bits per heavy atom. The van der Waals surface area contributed by atoms with Crippen LogP contribution >= 0.6 is 0 Å². The first-order valence-corrected chi connectivity index (χ1v) is 15.9. The second-order valence-electron chi connectivity index (χ2n) is 11.5. The molecule has 3 rings (SSSR count). The van der Waals surface area contributed by atoms with E-state index in [1.54, 1.807) is 0 Å². The van der Waals surface area contributed by atoms with Crippen LogP contribution in [0.4, 0.5) is 0 Å². The zero-order valence-electron chi connectivity index (χ0n) is 24.0. The monoisotopic (exact) mass is 510 g/mol. The summed E-state index contributed by atoms with van der Waals surface area (Å²) in [7, 11) is 0. The fourth-order valence-corrected chi connectivity index (χ4v) is 5.84. The number of hydrogen-bond acceptors (Lipinski definition) is 2. The number of nitrogens with zero attached hydrogens (tertiary/aromatic N) is 1. The summed E-state index contributed by atoms with van der Waals surface area (Å²) in [4.78, 5) is 0. The first-order chi connectivity index (χ1) is 18.4. The van der Waals surface area contributed by atoms with Crippen molar-refractivity contribution >= 4 is 10.9 Å². The van der Waals surface area contributed by atoms with E-state index >= 15 is 0 Å². The van der Waals surface area contributed by atoms with Crippen LogP contribution in [-0.2, 0) is 16.0 Å². The Labute approximate surface area is 228 Å². The highest BCUT2D eigenvalue weighted by atomic mass is 16.5. The molecule has 3 heteroatoms. The van der Waals surface area contributed by atoms with Crippen LogP contribution in [0.1, 0.15) is 122 Å². The van der Waals surface area contributed by atoms with E-state index in [1.807, 2.05) is 0 Å². The van der Waals surface area contributed by atoms with Gasteiger partial charge in [0.2, 0.25) is 5.52 Å². The normalized spacial score (nSPS) is 17.6. The number of benzene rings is 1. The van der Waals surface area contributed by atoms with Crippen molar-refractivity contribution in [1.82, 2.24) is 0 Å². The maximum absolute atomic E-state index is 6.02. The third kappa shape index (κ3) is 12.8. The number of hydrogen-bond donors (Lipinski definition) is 0. The quantitative estimate of drug-likeness (QED) is 0.116. The minimum Gasteiger partial charge on any atom is -0.379 e. The van der Waals surface area contributed by atoms with Crippen molar-refractivity contribution in [2.24, 2.45) is 5.92 Å². The molecule has 1 aromatic carbocycles. The van der Waals surface area contributed by atoms with Gasteiger partial charge in [-0.2, -0.15) is 4.57 Å². The van der Waals surface area contributed by atoms with E-state index in [2.05, 4.69) is 54.1 Å². The molecule has 1 aliphatic rings. The lowest BCUT2D eigenvalue weighted by Gasteiger charge is -2.10. The summed E-state index contributed by atoms with van der Waals surface area (Å²) < 4.78 is 14.4. The molecule has 2 aromatic rings. The highest BCUT2D eigenvalue weighted by molar-refractivity contribution is 5.74. The molecule has 1 aliphatic heterocycles. The van der Waals surface area contributed by atoms with E-state index < -0.39 is 0 Å². The molecule has 37 heavy (non-hydrogen) atoms. The zero-order chi connectivity index (χ0) is 25.8. The average Bonchev–Trinajstić information content (AvgIpc) is 3.38. The van der Waals surface area contributed by atoms with Crippen LogP contribution in [0, 0.1) is 5.92 Å². The molecule has 2 atom stereocenters. The summed E-state index contributed by atoms with van der Waals surface area (Å²) in [6.45, 7) is 6.02. The van der Waals surface area contributed by atoms with Gasteiger partial charge >= 0.3 is 0 Å². The van der Waals surface area contributed by atoms with Crippen LogP contribution in [0.2, 0.25) is 0 Å². The zero-order valence-corrected chi connectivity index (χ0v) is 24.0. The lowest BCUT2D eigenvalue weighted by molar-refractivity contribution is -0.671. The average molecular weight is 511 g/mol. The van der Waals surface area contributed by atoms with Crippen molar-refractivity contribution < 1.29 is 14.0 Å². The molecular formula is C34H56NO2+. The van der Waals surface area contributed by atoms with Crippen molar-refractivity contribution in [3.8, 4) is 0 Å². The number of aryl methyl sites for hydroxylation is 1. The Morgan fingerprint density at radius 2 is 1.41 bits per heavy atom. The maximum atomic E-state index is 6.02. The van der Waals surface area contributed by atoms with Crippen molar-refractivity contribution in [2.45, 2.75) is 135 Å². The van der Waals surface area contributed by atoms with Gasteiger partial charge in [0, 0.05) is 37.2 Å². The van der Waals surface area contributed by atoms with E-state index in [0.717, 1.165) is 38.7 Å². The number of unbranched alkanes of at least 4 members (excludes halogenated alkanes) is 14. The number of rotatable bonds is 22. The van der Waals surface area contributed by atoms with Crippen molar-refractivity contribution in [1.29, 1.82) is 0 Å². The van der Waals surface area contributed by atoms with Crippen LogP contribution in [0.15, 0.2) is 42.6 Å². The Hall–Kier alpha value is -1.45. The van der Waals surface area contributed by atoms with Gasteiger partial charge in [0.05, 0.1) is 12.7 Å². The standard InChI is InChI=1S/C34H56NO2/c1-2-3-4-5-6-7-8-9-10-11-12-15-21-31-28-33(37-29-31)30-36-27-19-14-13-18-25-35-26-20-23-32-22-16-17-24-34(32)35/h16-17,20,22-24,26,31,33H,2-15,18-19,21,25,27-30H2,1H3/q+1/t31-,33+/m0/s1. The fraction of sp³-hybridized carbons (Fsp3) is 0.735.